The topological polar surface area (TPSA) is 55.4 Å². The molecule has 0 radical (unpaired) electrons. The maximum absolute atomic E-state index is 12.2. The third kappa shape index (κ3) is 3.24. The zero-order valence-corrected chi connectivity index (χ0v) is 12.3. The van der Waals surface area contributed by atoms with E-state index in [-0.39, 0.29) is 17.0 Å². The van der Waals surface area contributed by atoms with Gasteiger partial charge in [0.2, 0.25) is 0 Å². The Bertz CT molecular complexity index is 638. The number of benzene rings is 2. The average molecular weight is 334 g/mol. The van der Waals surface area contributed by atoms with Crippen molar-refractivity contribution >= 4 is 33.5 Å². The van der Waals surface area contributed by atoms with Crippen LogP contribution in [0.5, 0.6) is 0 Å². The Morgan fingerprint density at radius 2 is 1.60 bits per heavy atom. The molecule has 0 aliphatic carbocycles. The summed E-state index contributed by atoms with van der Waals surface area (Å²) in [6, 6.07) is 13.7. The molecule has 0 spiro atoms. The summed E-state index contributed by atoms with van der Waals surface area (Å²) in [5.74, 6) is -0.889. The second-order valence-electron chi connectivity index (χ2n) is 4.00. The van der Waals surface area contributed by atoms with Crippen molar-refractivity contribution in [2.45, 2.75) is 0 Å². The van der Waals surface area contributed by atoms with E-state index >= 15 is 0 Å². The van der Waals surface area contributed by atoms with Crippen molar-refractivity contribution in [3.8, 4) is 0 Å². The Morgan fingerprint density at radius 1 is 1.00 bits per heavy atom. The van der Waals surface area contributed by atoms with Crippen molar-refractivity contribution in [3.05, 3.63) is 64.1 Å². The first-order valence-electron chi connectivity index (χ1n) is 5.86. The highest BCUT2D eigenvalue weighted by Gasteiger charge is 2.16. The third-order valence-corrected chi connectivity index (χ3v) is 3.21. The van der Waals surface area contributed by atoms with Gasteiger partial charge < -0.3 is 10.1 Å². The number of amides is 1. The van der Waals surface area contributed by atoms with Crippen LogP contribution in [-0.4, -0.2) is 19.0 Å². The van der Waals surface area contributed by atoms with E-state index < -0.39 is 5.97 Å². The van der Waals surface area contributed by atoms with Crippen LogP contribution in [0.25, 0.3) is 0 Å². The van der Waals surface area contributed by atoms with Gasteiger partial charge in [0.1, 0.15) is 0 Å². The molecular weight excluding hydrogens is 322 g/mol. The molecule has 0 unspecified atom stereocenters. The minimum absolute atomic E-state index is 0.240. The van der Waals surface area contributed by atoms with E-state index in [1.807, 2.05) is 12.1 Å². The molecule has 0 aromatic heterocycles. The number of ether oxygens (including phenoxy) is 1. The molecule has 1 N–H and O–H groups in total. The Kier molecular flexibility index (Phi) is 4.53. The second-order valence-corrected chi connectivity index (χ2v) is 4.91. The Morgan fingerprint density at radius 3 is 2.20 bits per heavy atom. The highest BCUT2D eigenvalue weighted by Crippen LogP contribution is 2.16. The summed E-state index contributed by atoms with van der Waals surface area (Å²) in [6.07, 6.45) is 0. The van der Waals surface area contributed by atoms with Gasteiger partial charge in [-0.05, 0) is 36.4 Å². The molecule has 2 aromatic carbocycles. The molecule has 0 aliphatic heterocycles. The highest BCUT2D eigenvalue weighted by molar-refractivity contribution is 9.10. The van der Waals surface area contributed by atoms with Crippen LogP contribution in [0.15, 0.2) is 53.0 Å². The summed E-state index contributed by atoms with van der Waals surface area (Å²) in [6.45, 7) is 0. The van der Waals surface area contributed by atoms with E-state index in [9.17, 15) is 9.59 Å². The number of methoxy groups -OCH3 is 1. The molecule has 0 heterocycles. The number of hydrogen-bond donors (Lipinski definition) is 1. The van der Waals surface area contributed by atoms with E-state index in [2.05, 4.69) is 26.0 Å². The normalized spacial score (nSPS) is 9.90. The maximum atomic E-state index is 12.2. The Labute approximate surface area is 124 Å². The van der Waals surface area contributed by atoms with Gasteiger partial charge >= 0.3 is 5.97 Å². The number of hydrogen-bond acceptors (Lipinski definition) is 3. The fraction of sp³-hybridized carbons (Fsp3) is 0.0667. The van der Waals surface area contributed by atoms with Crippen LogP contribution in [0.4, 0.5) is 5.69 Å². The van der Waals surface area contributed by atoms with Crippen LogP contribution in [0, 0.1) is 0 Å². The number of anilines is 1. The van der Waals surface area contributed by atoms with Crippen LogP contribution < -0.4 is 5.32 Å². The monoisotopic (exact) mass is 333 g/mol. The minimum atomic E-state index is -0.536. The zero-order valence-electron chi connectivity index (χ0n) is 10.7. The molecule has 0 atom stereocenters. The van der Waals surface area contributed by atoms with Gasteiger partial charge in [0.15, 0.2) is 0 Å². The summed E-state index contributed by atoms with van der Waals surface area (Å²) in [5.41, 5.74) is 1.17. The Hall–Kier alpha value is -2.14. The first-order chi connectivity index (χ1) is 9.61. The van der Waals surface area contributed by atoms with Gasteiger partial charge in [0.05, 0.1) is 18.2 Å². The highest BCUT2D eigenvalue weighted by atomic mass is 79.9. The van der Waals surface area contributed by atoms with E-state index in [0.29, 0.717) is 5.69 Å². The second kappa shape index (κ2) is 6.34. The minimum Gasteiger partial charge on any atom is -0.465 e. The van der Waals surface area contributed by atoms with Crippen LogP contribution >= 0.6 is 15.9 Å². The molecule has 4 nitrogen and oxygen atoms in total. The molecule has 0 fully saturated rings. The maximum Gasteiger partial charge on any atom is 0.338 e. The molecule has 0 saturated carbocycles. The predicted molar refractivity (Wildman–Crippen MR) is 79.9 cm³/mol. The van der Waals surface area contributed by atoms with Gasteiger partial charge in [-0.1, -0.05) is 28.1 Å². The van der Waals surface area contributed by atoms with Gasteiger partial charge in [-0.15, -0.1) is 0 Å². The van der Waals surface area contributed by atoms with Crippen LogP contribution in [0.3, 0.4) is 0 Å². The van der Waals surface area contributed by atoms with Crippen molar-refractivity contribution in [2.24, 2.45) is 0 Å². The number of carbonyl (C=O) groups excluding carboxylic acids is 2. The lowest BCUT2D eigenvalue weighted by atomic mass is 10.1. The van der Waals surface area contributed by atoms with E-state index in [4.69, 9.17) is 0 Å². The van der Waals surface area contributed by atoms with Gasteiger partial charge in [-0.2, -0.15) is 0 Å². The lowest BCUT2D eigenvalue weighted by Crippen LogP contribution is -2.17. The molecule has 0 saturated heterocycles. The third-order valence-electron chi connectivity index (χ3n) is 2.68. The van der Waals surface area contributed by atoms with Crippen molar-refractivity contribution < 1.29 is 14.3 Å². The van der Waals surface area contributed by atoms with Gasteiger partial charge in [-0.25, -0.2) is 4.79 Å². The van der Waals surface area contributed by atoms with Crippen molar-refractivity contribution in [2.75, 3.05) is 12.4 Å². The molecule has 2 aromatic rings. The Balaban J connectivity index is 2.25. The molecule has 5 heteroatoms. The number of nitrogens with one attached hydrogen (secondary N) is 1. The molecule has 0 aliphatic rings. The smallest absolute Gasteiger partial charge is 0.338 e. The molecule has 1 amide bonds. The molecule has 102 valence electrons. The number of rotatable bonds is 3. The average Bonchev–Trinajstić information content (AvgIpc) is 2.48. The van der Waals surface area contributed by atoms with E-state index in [1.165, 1.54) is 7.11 Å². The molecule has 20 heavy (non-hydrogen) atoms. The van der Waals surface area contributed by atoms with Crippen LogP contribution in [0.1, 0.15) is 20.7 Å². The van der Waals surface area contributed by atoms with Crippen LogP contribution in [0.2, 0.25) is 0 Å². The fourth-order valence-corrected chi connectivity index (χ4v) is 1.97. The quantitative estimate of drug-likeness (QED) is 0.875. The first-order valence-corrected chi connectivity index (χ1v) is 6.65. The number of carbonyl (C=O) groups is 2. The summed E-state index contributed by atoms with van der Waals surface area (Å²) >= 11 is 3.32. The number of esters is 1. The molecular formula is C15H12BrNO3. The van der Waals surface area contributed by atoms with Crippen molar-refractivity contribution in [1.82, 2.24) is 0 Å². The number of halogens is 1. The summed E-state index contributed by atoms with van der Waals surface area (Å²) in [5, 5.41) is 2.74. The fourth-order valence-electron chi connectivity index (χ4n) is 1.70. The lowest BCUT2D eigenvalue weighted by molar-refractivity contribution is 0.0597. The van der Waals surface area contributed by atoms with Gasteiger partial charge in [0, 0.05) is 10.2 Å². The standard InChI is InChI=1S/C15H12BrNO3/c1-20-15(19)13-5-3-2-4-12(13)14(18)17-11-8-6-10(16)7-9-11/h2-9H,1H3,(H,17,18). The summed E-state index contributed by atoms with van der Waals surface area (Å²) in [7, 11) is 1.28. The van der Waals surface area contributed by atoms with Gasteiger partial charge in [0.25, 0.3) is 5.91 Å². The first kappa shape index (κ1) is 14.3. The summed E-state index contributed by atoms with van der Waals surface area (Å²) in [4.78, 5) is 23.8. The predicted octanol–water partition coefficient (Wildman–Crippen LogP) is 3.49. The lowest BCUT2D eigenvalue weighted by Gasteiger charge is -2.08. The largest absolute Gasteiger partial charge is 0.465 e. The van der Waals surface area contributed by atoms with E-state index in [0.717, 1.165) is 4.47 Å². The molecule has 2 rings (SSSR count). The van der Waals surface area contributed by atoms with Gasteiger partial charge in [-0.3, -0.25) is 4.79 Å². The molecule has 0 bridgehead atoms. The van der Waals surface area contributed by atoms with Crippen molar-refractivity contribution in [1.29, 1.82) is 0 Å². The zero-order chi connectivity index (χ0) is 14.5. The summed E-state index contributed by atoms with van der Waals surface area (Å²) < 4.78 is 5.59. The van der Waals surface area contributed by atoms with Crippen LogP contribution in [-0.2, 0) is 4.74 Å². The van der Waals surface area contributed by atoms with E-state index in [1.54, 1.807) is 36.4 Å². The van der Waals surface area contributed by atoms with Crippen molar-refractivity contribution in [3.63, 3.8) is 0 Å². The SMILES string of the molecule is COC(=O)c1ccccc1C(=O)Nc1ccc(Br)cc1.